The van der Waals surface area contributed by atoms with E-state index < -0.39 is 0 Å². The first kappa shape index (κ1) is 28.2. The molecule has 172 valence electrons. The first-order valence-corrected chi connectivity index (χ1v) is 12.8. The van der Waals surface area contributed by atoms with Crippen molar-refractivity contribution >= 4 is 5.91 Å². The first-order chi connectivity index (χ1) is 14.2. The Balaban J connectivity index is 3.50. The molecule has 2 N–H and O–H groups in total. The zero-order chi connectivity index (χ0) is 21.4. The summed E-state index contributed by atoms with van der Waals surface area (Å²) in [6.45, 7) is 4.49. The summed E-state index contributed by atoms with van der Waals surface area (Å²) in [4.78, 5) is 11.9. The molecule has 0 bridgehead atoms. The highest BCUT2D eigenvalue weighted by atomic mass is 16.3. The van der Waals surface area contributed by atoms with E-state index in [1.54, 1.807) is 0 Å². The van der Waals surface area contributed by atoms with Gasteiger partial charge in [0.25, 0.3) is 0 Å². The average molecular weight is 410 g/mol. The van der Waals surface area contributed by atoms with Crippen LogP contribution < -0.4 is 5.32 Å². The quantitative estimate of drug-likeness (QED) is 0.144. The Bertz CT molecular complexity index is 368. The second kappa shape index (κ2) is 23.4. The van der Waals surface area contributed by atoms with E-state index in [4.69, 9.17) is 0 Å². The molecule has 0 saturated heterocycles. The van der Waals surface area contributed by atoms with Gasteiger partial charge in [0.1, 0.15) is 0 Å². The van der Waals surface area contributed by atoms with Crippen LogP contribution in [0.1, 0.15) is 136 Å². The monoisotopic (exact) mass is 409 g/mol. The minimum absolute atomic E-state index is 0.0182. The third-order valence-electron chi connectivity index (χ3n) is 5.65. The number of rotatable bonds is 22. The van der Waals surface area contributed by atoms with Crippen molar-refractivity contribution in [2.45, 2.75) is 142 Å². The average Bonchev–Trinajstić information content (AvgIpc) is 2.73. The number of unbranched alkanes of at least 4 members (excludes halogenated alkanes) is 15. The smallest absolute Gasteiger partial charge is 0.220 e. The third-order valence-corrected chi connectivity index (χ3v) is 5.65. The molecule has 0 aliphatic heterocycles. The van der Waals surface area contributed by atoms with Crippen molar-refractivity contribution in [2.24, 2.45) is 0 Å². The Morgan fingerprint density at radius 1 is 0.724 bits per heavy atom. The molecule has 0 aromatic heterocycles. The molecule has 29 heavy (non-hydrogen) atoms. The highest BCUT2D eigenvalue weighted by Crippen LogP contribution is 2.12. The normalized spacial score (nSPS) is 12.5. The van der Waals surface area contributed by atoms with Crippen LogP contribution in [-0.2, 0) is 4.79 Å². The maximum absolute atomic E-state index is 11.9. The van der Waals surface area contributed by atoms with Crippen LogP contribution in [-0.4, -0.2) is 23.7 Å². The van der Waals surface area contributed by atoms with Crippen LogP contribution in [0.4, 0.5) is 0 Å². The summed E-state index contributed by atoms with van der Waals surface area (Å²) in [7, 11) is 0. The molecule has 0 spiro atoms. The molecule has 0 fully saturated rings. The number of aliphatic hydroxyl groups is 1. The van der Waals surface area contributed by atoms with E-state index >= 15 is 0 Å². The van der Waals surface area contributed by atoms with E-state index in [2.05, 4.69) is 31.3 Å². The van der Waals surface area contributed by atoms with Gasteiger partial charge in [-0.25, -0.2) is 0 Å². The number of hydrogen-bond acceptors (Lipinski definition) is 2. The van der Waals surface area contributed by atoms with Crippen molar-refractivity contribution in [3.05, 3.63) is 12.2 Å². The summed E-state index contributed by atoms with van der Waals surface area (Å²) in [5.41, 5.74) is 0. The zero-order valence-electron chi connectivity index (χ0n) is 19.7. The third kappa shape index (κ3) is 21.7. The molecule has 0 unspecified atom stereocenters. The zero-order valence-corrected chi connectivity index (χ0v) is 19.7. The van der Waals surface area contributed by atoms with Crippen LogP contribution in [0.25, 0.3) is 0 Å². The number of amides is 1. The van der Waals surface area contributed by atoms with E-state index in [0.717, 1.165) is 25.7 Å². The highest BCUT2D eigenvalue weighted by Gasteiger charge is 2.09. The predicted octanol–water partition coefficient (Wildman–Crippen LogP) is 7.47. The van der Waals surface area contributed by atoms with Crippen LogP contribution in [0.3, 0.4) is 0 Å². The Kier molecular flexibility index (Phi) is 22.8. The van der Waals surface area contributed by atoms with E-state index in [0.29, 0.717) is 6.42 Å². The van der Waals surface area contributed by atoms with Crippen LogP contribution in [0.5, 0.6) is 0 Å². The Hall–Kier alpha value is -0.830. The standard InChI is InChI=1S/C26H51NO2/c1-3-5-7-9-10-11-12-13-14-15-16-17-19-20-22-25(24-28)27-26(29)23-21-18-8-6-4-2/h19-20,25,28H,3-18,21-24H2,1-2H3,(H,27,29)/b20-19+/t25-/m1/s1. The first-order valence-electron chi connectivity index (χ1n) is 12.8. The van der Waals surface area contributed by atoms with Gasteiger partial charge in [-0.05, 0) is 25.7 Å². The van der Waals surface area contributed by atoms with Gasteiger partial charge in [-0.15, -0.1) is 0 Å². The molecular weight excluding hydrogens is 358 g/mol. The molecular formula is C26H51NO2. The van der Waals surface area contributed by atoms with Gasteiger partial charge in [0.2, 0.25) is 5.91 Å². The maximum Gasteiger partial charge on any atom is 0.220 e. The van der Waals surface area contributed by atoms with Gasteiger partial charge in [-0.3, -0.25) is 4.79 Å². The van der Waals surface area contributed by atoms with Crippen LogP contribution in [0.15, 0.2) is 12.2 Å². The molecule has 0 aromatic carbocycles. The SMILES string of the molecule is CCCCCCCCCCCCC/C=C/C[C@H](CO)NC(=O)CCCCCCC. The minimum Gasteiger partial charge on any atom is -0.394 e. The Morgan fingerprint density at radius 3 is 1.72 bits per heavy atom. The predicted molar refractivity (Wildman–Crippen MR) is 127 cm³/mol. The number of hydrogen-bond donors (Lipinski definition) is 2. The summed E-state index contributed by atoms with van der Waals surface area (Å²) in [6.07, 6.45) is 27.7. The minimum atomic E-state index is -0.133. The van der Waals surface area contributed by atoms with Gasteiger partial charge in [-0.1, -0.05) is 116 Å². The lowest BCUT2D eigenvalue weighted by Crippen LogP contribution is -2.36. The van der Waals surface area contributed by atoms with Crippen molar-refractivity contribution in [3.8, 4) is 0 Å². The molecule has 0 heterocycles. The van der Waals surface area contributed by atoms with Crippen molar-refractivity contribution in [3.63, 3.8) is 0 Å². The molecule has 3 nitrogen and oxygen atoms in total. The summed E-state index contributed by atoms with van der Waals surface area (Å²) in [5.74, 6) is 0.0827. The topological polar surface area (TPSA) is 49.3 Å². The molecule has 0 saturated carbocycles. The summed E-state index contributed by atoms with van der Waals surface area (Å²) >= 11 is 0. The van der Waals surface area contributed by atoms with Crippen LogP contribution >= 0.6 is 0 Å². The molecule has 1 amide bonds. The number of carbonyl (C=O) groups is 1. The number of nitrogens with one attached hydrogen (secondary N) is 1. The summed E-state index contributed by atoms with van der Waals surface area (Å²) in [6, 6.07) is -0.133. The lowest BCUT2D eigenvalue weighted by molar-refractivity contribution is -0.122. The largest absolute Gasteiger partial charge is 0.394 e. The summed E-state index contributed by atoms with van der Waals surface area (Å²) in [5, 5.41) is 12.4. The Labute approximate surface area is 182 Å². The van der Waals surface area contributed by atoms with Gasteiger partial charge in [0.05, 0.1) is 12.6 Å². The van der Waals surface area contributed by atoms with Crippen molar-refractivity contribution < 1.29 is 9.90 Å². The lowest BCUT2D eigenvalue weighted by Gasteiger charge is -2.14. The van der Waals surface area contributed by atoms with Gasteiger partial charge in [-0.2, -0.15) is 0 Å². The fourth-order valence-electron chi connectivity index (χ4n) is 3.67. The van der Waals surface area contributed by atoms with Crippen LogP contribution in [0.2, 0.25) is 0 Å². The van der Waals surface area contributed by atoms with E-state index in [-0.39, 0.29) is 18.6 Å². The van der Waals surface area contributed by atoms with Crippen LogP contribution in [0, 0.1) is 0 Å². The van der Waals surface area contributed by atoms with E-state index in [1.807, 2.05) is 0 Å². The van der Waals surface area contributed by atoms with E-state index in [1.165, 1.54) is 89.9 Å². The fraction of sp³-hybridized carbons (Fsp3) is 0.885. The van der Waals surface area contributed by atoms with Crippen molar-refractivity contribution in [2.75, 3.05) is 6.61 Å². The molecule has 0 radical (unpaired) electrons. The molecule has 0 aliphatic rings. The summed E-state index contributed by atoms with van der Waals surface area (Å²) < 4.78 is 0. The second-order valence-corrected chi connectivity index (χ2v) is 8.64. The second-order valence-electron chi connectivity index (χ2n) is 8.64. The van der Waals surface area contributed by atoms with Crippen molar-refractivity contribution in [1.29, 1.82) is 0 Å². The van der Waals surface area contributed by atoms with Gasteiger partial charge < -0.3 is 10.4 Å². The van der Waals surface area contributed by atoms with Gasteiger partial charge in [0, 0.05) is 6.42 Å². The highest BCUT2D eigenvalue weighted by molar-refractivity contribution is 5.76. The van der Waals surface area contributed by atoms with Gasteiger partial charge in [0.15, 0.2) is 0 Å². The van der Waals surface area contributed by atoms with Crippen molar-refractivity contribution in [1.82, 2.24) is 5.32 Å². The number of allylic oxidation sites excluding steroid dienone is 1. The molecule has 1 atom stereocenters. The van der Waals surface area contributed by atoms with E-state index in [9.17, 15) is 9.90 Å². The molecule has 3 heteroatoms. The fourth-order valence-corrected chi connectivity index (χ4v) is 3.67. The Morgan fingerprint density at radius 2 is 1.21 bits per heavy atom. The molecule has 0 aliphatic carbocycles. The maximum atomic E-state index is 11.9. The van der Waals surface area contributed by atoms with Gasteiger partial charge >= 0.3 is 0 Å². The molecule has 0 rings (SSSR count). The lowest BCUT2D eigenvalue weighted by atomic mass is 10.1. The number of aliphatic hydroxyl groups excluding tert-OH is 1. The molecule has 0 aromatic rings. The number of carbonyl (C=O) groups excluding carboxylic acids is 1.